The van der Waals surface area contributed by atoms with Crippen molar-refractivity contribution in [2.45, 2.75) is 36.9 Å². The number of benzene rings is 3. The van der Waals surface area contributed by atoms with E-state index < -0.39 is 10.0 Å². The van der Waals surface area contributed by atoms with Gasteiger partial charge in [0.15, 0.2) is 0 Å². The summed E-state index contributed by atoms with van der Waals surface area (Å²) in [5.41, 5.74) is 5.49. The molecule has 0 aliphatic carbocycles. The number of hydrogen-bond donors (Lipinski definition) is 2. The van der Waals surface area contributed by atoms with Gasteiger partial charge in [0.1, 0.15) is 16.7 Å². The molecule has 0 bridgehead atoms. The van der Waals surface area contributed by atoms with Crippen LogP contribution < -0.4 is 11.0 Å². The Kier molecular flexibility index (Phi) is 7.99. The average molecular weight is 639 g/mol. The summed E-state index contributed by atoms with van der Waals surface area (Å²) in [6, 6.07) is 21.9. The van der Waals surface area contributed by atoms with E-state index in [2.05, 4.69) is 30.5 Å². The van der Waals surface area contributed by atoms with E-state index in [9.17, 15) is 13.2 Å². The summed E-state index contributed by atoms with van der Waals surface area (Å²) in [4.78, 5) is 22.7. The second-order valence-electron chi connectivity index (χ2n) is 11.9. The smallest absolute Gasteiger partial charge is 0.339 e. The Morgan fingerprint density at radius 2 is 1.61 bits per heavy atom. The minimum absolute atomic E-state index is 0.144. The van der Waals surface area contributed by atoms with Crippen molar-refractivity contribution in [3.05, 3.63) is 101 Å². The van der Waals surface area contributed by atoms with Crippen LogP contribution in [-0.4, -0.2) is 75.7 Å². The van der Waals surface area contributed by atoms with E-state index in [1.807, 2.05) is 56.6 Å². The normalized spacial score (nSPS) is 14.6. The Labute approximate surface area is 265 Å². The van der Waals surface area contributed by atoms with Crippen LogP contribution >= 0.6 is 0 Å². The lowest BCUT2D eigenvalue weighted by Crippen LogP contribution is -2.45. The van der Waals surface area contributed by atoms with Gasteiger partial charge in [-0.15, -0.1) is 0 Å². The standard InChI is InChI=1S/C33H34N8O4S/c1-39(2)19-22-3-8-26(9-4-22)40-21-25-18-30(35-32(25)36-33(40)42)24-6-10-28(11-7-24)46(43,44)41(27-13-15-34-16-14-27)20-23-5-12-29-31(17-23)38-45-37-29/h3-12,17-18,21,27,34H,13-16,19-20H2,1-2H3,(H,35,36,42). The Morgan fingerprint density at radius 3 is 2.35 bits per heavy atom. The maximum atomic E-state index is 14.1. The van der Waals surface area contributed by atoms with E-state index in [1.54, 1.807) is 40.8 Å². The quantitative estimate of drug-likeness (QED) is 0.241. The first kappa shape index (κ1) is 30.0. The van der Waals surface area contributed by atoms with Crippen LogP contribution in [0.5, 0.6) is 0 Å². The predicted molar refractivity (Wildman–Crippen MR) is 175 cm³/mol. The summed E-state index contributed by atoms with van der Waals surface area (Å²) in [5, 5.41) is 11.9. The highest BCUT2D eigenvalue weighted by Gasteiger charge is 2.32. The Hall–Kier alpha value is -4.69. The van der Waals surface area contributed by atoms with Gasteiger partial charge in [-0.25, -0.2) is 17.8 Å². The highest BCUT2D eigenvalue weighted by Crippen LogP contribution is 2.29. The number of hydrogen-bond acceptors (Lipinski definition) is 9. The molecule has 1 saturated heterocycles. The number of fused-ring (bicyclic) bond motifs is 2. The van der Waals surface area contributed by atoms with Crippen molar-refractivity contribution < 1.29 is 13.0 Å². The van der Waals surface area contributed by atoms with E-state index in [-0.39, 0.29) is 23.2 Å². The monoisotopic (exact) mass is 638 g/mol. The van der Waals surface area contributed by atoms with Gasteiger partial charge in [-0.3, -0.25) is 4.57 Å². The summed E-state index contributed by atoms with van der Waals surface area (Å²) >= 11 is 0. The van der Waals surface area contributed by atoms with E-state index in [0.717, 1.165) is 65.9 Å². The maximum Gasteiger partial charge on any atom is 0.354 e. The predicted octanol–water partition coefficient (Wildman–Crippen LogP) is 3.92. The summed E-state index contributed by atoms with van der Waals surface area (Å²) in [5.74, 6) is 0. The van der Waals surface area contributed by atoms with Gasteiger partial charge < -0.3 is 15.2 Å². The van der Waals surface area contributed by atoms with Crippen molar-refractivity contribution in [1.29, 1.82) is 0 Å². The second kappa shape index (κ2) is 12.2. The molecule has 3 aromatic carbocycles. The minimum Gasteiger partial charge on any atom is -0.339 e. The number of aromatic nitrogens is 5. The highest BCUT2D eigenvalue weighted by atomic mass is 32.2. The zero-order valence-electron chi connectivity index (χ0n) is 25.6. The van der Waals surface area contributed by atoms with Crippen LogP contribution in [0.3, 0.4) is 0 Å². The van der Waals surface area contributed by atoms with Crippen LogP contribution in [0, 0.1) is 0 Å². The fourth-order valence-corrected chi connectivity index (χ4v) is 7.69. The number of nitrogens with zero attached hydrogens (tertiary/aromatic N) is 6. The van der Waals surface area contributed by atoms with E-state index in [4.69, 9.17) is 4.63 Å². The third kappa shape index (κ3) is 5.97. The number of rotatable bonds is 9. The summed E-state index contributed by atoms with van der Waals surface area (Å²) in [6.07, 6.45) is 3.21. The molecule has 1 fully saturated rings. The molecule has 6 aromatic rings. The number of aromatic amines is 1. The van der Waals surface area contributed by atoms with Gasteiger partial charge in [0.2, 0.25) is 10.0 Å². The molecular formula is C33H34N8O4S. The Morgan fingerprint density at radius 1 is 0.891 bits per heavy atom. The van der Waals surface area contributed by atoms with Crippen LogP contribution in [0.1, 0.15) is 24.0 Å². The van der Waals surface area contributed by atoms with Gasteiger partial charge in [0, 0.05) is 36.4 Å². The van der Waals surface area contributed by atoms with Gasteiger partial charge in [0.25, 0.3) is 0 Å². The number of piperidine rings is 1. The molecule has 0 saturated carbocycles. The molecule has 0 spiro atoms. The molecule has 0 unspecified atom stereocenters. The minimum atomic E-state index is -3.84. The van der Waals surface area contributed by atoms with Crippen molar-refractivity contribution >= 4 is 32.1 Å². The molecule has 0 atom stereocenters. The molecule has 2 N–H and O–H groups in total. The van der Waals surface area contributed by atoms with E-state index in [0.29, 0.717) is 16.7 Å². The van der Waals surface area contributed by atoms with Crippen molar-refractivity contribution in [2.75, 3.05) is 27.2 Å². The van der Waals surface area contributed by atoms with Gasteiger partial charge in [-0.05, 0) is 109 Å². The average Bonchev–Trinajstić information content (AvgIpc) is 3.70. The van der Waals surface area contributed by atoms with Crippen molar-refractivity contribution in [2.24, 2.45) is 0 Å². The van der Waals surface area contributed by atoms with Crippen LogP contribution in [0.15, 0.2) is 93.3 Å². The first-order valence-corrected chi connectivity index (χ1v) is 16.6. The maximum absolute atomic E-state index is 14.1. The number of nitrogens with one attached hydrogen (secondary N) is 2. The number of sulfonamides is 1. The lowest BCUT2D eigenvalue weighted by Gasteiger charge is -2.34. The molecular weight excluding hydrogens is 604 g/mol. The van der Waals surface area contributed by atoms with Gasteiger partial charge >= 0.3 is 5.69 Å². The van der Waals surface area contributed by atoms with Gasteiger partial charge in [-0.2, -0.15) is 9.29 Å². The van der Waals surface area contributed by atoms with Crippen molar-refractivity contribution in [3.8, 4) is 16.9 Å². The molecule has 4 heterocycles. The molecule has 0 radical (unpaired) electrons. The molecule has 13 heteroatoms. The molecule has 1 aliphatic rings. The molecule has 12 nitrogen and oxygen atoms in total. The largest absolute Gasteiger partial charge is 0.354 e. The van der Waals surface area contributed by atoms with Crippen LogP contribution in [-0.2, 0) is 23.1 Å². The summed E-state index contributed by atoms with van der Waals surface area (Å²) in [6.45, 7) is 2.52. The summed E-state index contributed by atoms with van der Waals surface area (Å²) in [7, 11) is 0.185. The molecule has 1 aliphatic heterocycles. The van der Waals surface area contributed by atoms with E-state index >= 15 is 0 Å². The van der Waals surface area contributed by atoms with E-state index in [1.165, 1.54) is 4.57 Å². The molecule has 3 aromatic heterocycles. The Balaban J connectivity index is 1.16. The van der Waals surface area contributed by atoms with Crippen molar-refractivity contribution in [1.82, 2.24) is 39.4 Å². The Bertz CT molecular complexity index is 2160. The second-order valence-corrected chi connectivity index (χ2v) is 13.8. The number of H-pyrrole nitrogens is 1. The zero-order valence-corrected chi connectivity index (χ0v) is 26.4. The van der Waals surface area contributed by atoms with Crippen LogP contribution in [0.25, 0.3) is 39.0 Å². The third-order valence-electron chi connectivity index (χ3n) is 8.37. The molecule has 46 heavy (non-hydrogen) atoms. The molecule has 7 rings (SSSR count). The van der Waals surface area contributed by atoms with Crippen LogP contribution in [0.2, 0.25) is 0 Å². The fraction of sp³-hybridized carbons (Fsp3) is 0.273. The first-order chi connectivity index (χ1) is 22.2. The van der Waals surface area contributed by atoms with Gasteiger partial charge in [-0.1, -0.05) is 30.3 Å². The highest BCUT2D eigenvalue weighted by molar-refractivity contribution is 7.89. The molecule has 0 amide bonds. The third-order valence-corrected chi connectivity index (χ3v) is 10.3. The lowest BCUT2D eigenvalue weighted by atomic mass is 10.1. The van der Waals surface area contributed by atoms with Crippen LogP contribution in [0.4, 0.5) is 0 Å². The fourth-order valence-electron chi connectivity index (χ4n) is 6.01. The van der Waals surface area contributed by atoms with Crippen molar-refractivity contribution in [3.63, 3.8) is 0 Å². The molecule has 236 valence electrons. The first-order valence-electron chi connectivity index (χ1n) is 15.2. The lowest BCUT2D eigenvalue weighted by molar-refractivity contribution is 0.256. The van der Waals surface area contributed by atoms with Gasteiger partial charge in [0.05, 0.1) is 10.6 Å². The summed E-state index contributed by atoms with van der Waals surface area (Å²) < 4.78 is 36.2. The topological polar surface area (TPSA) is 142 Å². The SMILES string of the molecule is CN(C)Cc1ccc(-n2cc3cc(-c4ccc(S(=O)(=O)N(Cc5ccc6nonc6c5)C5CCNCC5)cc4)[nH]c3nc2=O)cc1. The zero-order chi connectivity index (χ0) is 31.8.